The van der Waals surface area contributed by atoms with Crippen LogP contribution in [0.25, 0.3) is 10.2 Å². The summed E-state index contributed by atoms with van der Waals surface area (Å²) in [4.78, 5) is 21.3. The first-order valence-electron chi connectivity index (χ1n) is 10.2. The molecule has 0 bridgehead atoms. The van der Waals surface area contributed by atoms with Gasteiger partial charge in [-0.05, 0) is 24.0 Å². The molecule has 0 aliphatic rings. The van der Waals surface area contributed by atoms with E-state index >= 15 is 0 Å². The molecule has 0 aliphatic carbocycles. The van der Waals surface area contributed by atoms with Crippen molar-refractivity contribution in [1.82, 2.24) is 9.97 Å². The Balaban J connectivity index is 1.89. The van der Waals surface area contributed by atoms with Crippen molar-refractivity contribution >= 4 is 54.7 Å². The van der Waals surface area contributed by atoms with Gasteiger partial charge in [-0.2, -0.15) is 0 Å². The number of nitrogens with zero attached hydrogens (tertiary/aromatic N) is 2. The molecule has 3 rings (SSSR count). The summed E-state index contributed by atoms with van der Waals surface area (Å²) in [5, 5.41) is 6.97. The molecule has 0 saturated heterocycles. The highest BCUT2D eigenvalue weighted by Crippen LogP contribution is 2.32. The molecule has 0 spiro atoms. The number of sulfonamides is 1. The van der Waals surface area contributed by atoms with Crippen LogP contribution >= 0.6 is 11.3 Å². The topological polar surface area (TPSA) is 113 Å². The Morgan fingerprint density at radius 3 is 2.58 bits per heavy atom. The van der Waals surface area contributed by atoms with Gasteiger partial charge in [0.05, 0.1) is 27.2 Å². The summed E-state index contributed by atoms with van der Waals surface area (Å²) in [6.07, 6.45) is 1.63. The number of fused-ring (bicyclic) bond motifs is 1. The van der Waals surface area contributed by atoms with Crippen molar-refractivity contribution in [3.05, 3.63) is 41.0 Å². The minimum Gasteiger partial charge on any atom is -0.368 e. The second-order valence-corrected chi connectivity index (χ2v) is 11.3. The van der Waals surface area contributed by atoms with Crippen LogP contribution in [0.2, 0.25) is 0 Å². The predicted molar refractivity (Wildman–Crippen MR) is 127 cm³/mol. The Morgan fingerprint density at radius 1 is 1.18 bits per heavy atom. The molecule has 8 nitrogen and oxygen atoms in total. The fraction of sp³-hybridized carbons (Fsp3) is 0.381. The highest BCUT2D eigenvalue weighted by atomic mass is 32.2. The molecular formula is C21H25F2N5O3S2. The van der Waals surface area contributed by atoms with E-state index in [4.69, 9.17) is 0 Å². The largest absolute Gasteiger partial charge is 0.368 e. The molecule has 0 saturated carbocycles. The highest BCUT2D eigenvalue weighted by Gasteiger charge is 2.23. The van der Waals surface area contributed by atoms with E-state index in [0.717, 1.165) is 12.1 Å². The third-order valence-corrected chi connectivity index (χ3v) is 6.90. The number of benzene rings is 1. The minimum atomic E-state index is -3.81. The van der Waals surface area contributed by atoms with Crippen LogP contribution in [0, 0.1) is 17.0 Å². The van der Waals surface area contributed by atoms with E-state index in [1.54, 1.807) is 6.92 Å². The van der Waals surface area contributed by atoms with Gasteiger partial charge in [0.25, 0.3) is 5.91 Å². The van der Waals surface area contributed by atoms with Crippen molar-refractivity contribution in [2.24, 2.45) is 5.41 Å². The molecule has 0 unspecified atom stereocenters. The molecule has 2 aromatic heterocycles. The van der Waals surface area contributed by atoms with Gasteiger partial charge in [-0.1, -0.05) is 27.7 Å². The molecule has 3 N–H and O–H groups in total. The Bertz CT molecular complexity index is 1290. The predicted octanol–water partition coefficient (Wildman–Crippen LogP) is 4.83. The average molecular weight is 498 g/mol. The molecule has 1 amide bonds. The van der Waals surface area contributed by atoms with Gasteiger partial charge in [0.15, 0.2) is 5.82 Å². The zero-order valence-corrected chi connectivity index (χ0v) is 20.3. The van der Waals surface area contributed by atoms with Gasteiger partial charge >= 0.3 is 0 Å². The van der Waals surface area contributed by atoms with Gasteiger partial charge in [-0.3, -0.25) is 9.52 Å². The number of nitrogens with one attached hydrogen (secondary N) is 3. The van der Waals surface area contributed by atoms with E-state index < -0.39 is 38.9 Å². The molecule has 12 heteroatoms. The Morgan fingerprint density at radius 2 is 1.91 bits per heavy atom. The van der Waals surface area contributed by atoms with Crippen LogP contribution in [0.3, 0.4) is 0 Å². The number of anilines is 3. The van der Waals surface area contributed by atoms with Gasteiger partial charge in [0, 0.05) is 11.9 Å². The molecule has 0 radical (unpaired) electrons. The lowest BCUT2D eigenvalue weighted by Crippen LogP contribution is -2.20. The monoisotopic (exact) mass is 497 g/mol. The lowest BCUT2D eigenvalue weighted by atomic mass is 9.97. The number of halogens is 2. The van der Waals surface area contributed by atoms with Crippen molar-refractivity contribution in [2.45, 2.75) is 34.1 Å². The number of carbonyl (C=O) groups is 1. The van der Waals surface area contributed by atoms with Crippen LogP contribution < -0.4 is 15.4 Å². The lowest BCUT2D eigenvalue weighted by molar-refractivity contribution is 0.102. The van der Waals surface area contributed by atoms with Crippen LogP contribution in [0.1, 0.15) is 44.5 Å². The first kappa shape index (κ1) is 24.8. The molecule has 3 aromatic rings. The number of hydrogen-bond donors (Lipinski definition) is 3. The zero-order valence-electron chi connectivity index (χ0n) is 18.6. The van der Waals surface area contributed by atoms with E-state index in [0.29, 0.717) is 29.0 Å². The van der Waals surface area contributed by atoms with Crippen LogP contribution in [0.5, 0.6) is 0 Å². The molecule has 0 fully saturated rings. The van der Waals surface area contributed by atoms with E-state index in [2.05, 4.69) is 46.1 Å². The van der Waals surface area contributed by atoms with Gasteiger partial charge in [0.2, 0.25) is 10.0 Å². The van der Waals surface area contributed by atoms with Crippen LogP contribution in [0.4, 0.5) is 26.0 Å². The molecule has 178 valence electrons. The highest BCUT2D eigenvalue weighted by molar-refractivity contribution is 7.92. The summed E-state index contributed by atoms with van der Waals surface area (Å²) < 4.78 is 55.9. The molecule has 0 aliphatic heterocycles. The SMILES string of the molecule is CCCS(=O)(=O)Nc1ccc(F)c(NC(=O)c2csc3c(NCC(C)(C)C)ncnc23)c1F. The van der Waals surface area contributed by atoms with Crippen molar-refractivity contribution in [2.75, 3.05) is 27.7 Å². The summed E-state index contributed by atoms with van der Waals surface area (Å²) in [6, 6.07) is 1.85. The smallest absolute Gasteiger partial charge is 0.258 e. The van der Waals surface area contributed by atoms with Gasteiger partial charge < -0.3 is 10.6 Å². The maximum Gasteiger partial charge on any atom is 0.258 e. The molecule has 2 heterocycles. The second-order valence-electron chi connectivity index (χ2n) is 8.62. The fourth-order valence-electron chi connectivity index (χ4n) is 2.90. The molecular weight excluding hydrogens is 472 g/mol. The Labute approximate surface area is 194 Å². The molecule has 1 aromatic carbocycles. The zero-order chi connectivity index (χ0) is 24.4. The third kappa shape index (κ3) is 5.93. The summed E-state index contributed by atoms with van der Waals surface area (Å²) in [5.41, 5.74) is -0.757. The van der Waals surface area contributed by atoms with E-state index in [1.165, 1.54) is 23.0 Å². The van der Waals surface area contributed by atoms with E-state index in [1.807, 2.05) is 0 Å². The molecule has 33 heavy (non-hydrogen) atoms. The van der Waals surface area contributed by atoms with Crippen molar-refractivity contribution in [1.29, 1.82) is 0 Å². The summed E-state index contributed by atoms with van der Waals surface area (Å²) in [7, 11) is -3.81. The lowest BCUT2D eigenvalue weighted by Gasteiger charge is -2.19. The van der Waals surface area contributed by atoms with E-state index in [9.17, 15) is 22.0 Å². The van der Waals surface area contributed by atoms with Crippen LogP contribution in [0.15, 0.2) is 23.8 Å². The third-order valence-electron chi connectivity index (χ3n) is 4.45. The van der Waals surface area contributed by atoms with Crippen molar-refractivity contribution < 1.29 is 22.0 Å². The van der Waals surface area contributed by atoms with Crippen LogP contribution in [-0.2, 0) is 10.0 Å². The number of thiophene rings is 1. The Kier molecular flexibility index (Phi) is 7.17. The van der Waals surface area contributed by atoms with Gasteiger partial charge in [-0.25, -0.2) is 27.2 Å². The normalized spacial score (nSPS) is 12.1. The Hall–Kier alpha value is -2.86. The molecule has 0 atom stereocenters. The maximum atomic E-state index is 14.9. The standard InChI is InChI=1S/C21H25F2N5O3S2/c1-5-8-33(30,31)28-14-7-6-13(22)17(15(14)23)27-20(29)12-9-32-18-16(12)25-11-26-19(18)24-10-21(2,3)4/h6-7,9,11,28H,5,8,10H2,1-4H3,(H,27,29)(H,24,25,26). The fourth-order valence-corrected chi connectivity index (χ4v) is 5.00. The van der Waals surface area contributed by atoms with Crippen LogP contribution in [-0.4, -0.2) is 36.6 Å². The number of rotatable bonds is 8. The number of hydrogen-bond acceptors (Lipinski definition) is 7. The summed E-state index contributed by atoms with van der Waals surface area (Å²) >= 11 is 1.23. The van der Waals surface area contributed by atoms with Gasteiger partial charge in [-0.15, -0.1) is 11.3 Å². The number of carbonyl (C=O) groups excluding carboxylic acids is 1. The number of aromatic nitrogens is 2. The quantitative estimate of drug-likeness (QED) is 0.411. The number of amides is 1. The van der Waals surface area contributed by atoms with E-state index in [-0.39, 0.29) is 16.7 Å². The van der Waals surface area contributed by atoms with Crippen molar-refractivity contribution in [3.8, 4) is 0 Å². The minimum absolute atomic E-state index is 0.00650. The summed E-state index contributed by atoms with van der Waals surface area (Å²) in [6.45, 7) is 8.47. The first-order chi connectivity index (χ1) is 15.4. The maximum absolute atomic E-state index is 14.9. The van der Waals surface area contributed by atoms with Crippen molar-refractivity contribution in [3.63, 3.8) is 0 Å². The van der Waals surface area contributed by atoms with Gasteiger partial charge in [0.1, 0.15) is 23.6 Å². The second kappa shape index (κ2) is 9.56. The summed E-state index contributed by atoms with van der Waals surface area (Å²) in [5.74, 6) is -2.71. The average Bonchev–Trinajstić information content (AvgIpc) is 3.16. The first-order valence-corrected chi connectivity index (χ1v) is 12.7.